The zero-order valence-electron chi connectivity index (χ0n) is 21.7. The van der Waals surface area contributed by atoms with E-state index in [4.69, 9.17) is 23.7 Å². The molecule has 41 heavy (non-hydrogen) atoms. The lowest BCUT2D eigenvalue weighted by Gasteiger charge is -2.13. The summed E-state index contributed by atoms with van der Waals surface area (Å²) in [5, 5.41) is 10.8. The van der Waals surface area contributed by atoms with E-state index < -0.39 is 16.9 Å². The molecule has 3 aromatic rings. The first-order valence-electron chi connectivity index (χ1n) is 11.6. The third-order valence-electron chi connectivity index (χ3n) is 5.58. The van der Waals surface area contributed by atoms with Crippen molar-refractivity contribution in [3.63, 3.8) is 0 Å². The first-order valence-corrected chi connectivity index (χ1v) is 13.2. The van der Waals surface area contributed by atoms with Gasteiger partial charge in [-0.05, 0) is 70.0 Å². The zero-order valence-corrected chi connectivity index (χ0v) is 24.8. The van der Waals surface area contributed by atoms with Gasteiger partial charge in [-0.15, -0.1) is 0 Å². The van der Waals surface area contributed by atoms with E-state index in [1.165, 1.54) is 63.8 Å². The predicted octanol–water partition coefficient (Wildman–Crippen LogP) is 6.11. The molecule has 11 nitrogen and oxygen atoms in total. The maximum atomic E-state index is 12.7. The van der Waals surface area contributed by atoms with Crippen molar-refractivity contribution in [3.05, 3.63) is 96.1 Å². The maximum absolute atomic E-state index is 12.7. The zero-order chi connectivity index (χ0) is 29.7. The molecule has 0 amide bonds. The van der Waals surface area contributed by atoms with E-state index in [-0.39, 0.29) is 23.0 Å². The summed E-state index contributed by atoms with van der Waals surface area (Å²) in [4.78, 5) is 40.0. The lowest BCUT2D eigenvalue weighted by atomic mass is 10.1. The van der Waals surface area contributed by atoms with E-state index in [1.54, 1.807) is 24.3 Å². The van der Waals surface area contributed by atoms with Crippen molar-refractivity contribution in [2.75, 3.05) is 21.3 Å². The van der Waals surface area contributed by atoms with Crippen molar-refractivity contribution in [1.29, 1.82) is 0 Å². The Bertz CT molecular complexity index is 1610. The van der Waals surface area contributed by atoms with Gasteiger partial charge in [-0.25, -0.2) is 14.6 Å². The molecule has 13 heteroatoms. The van der Waals surface area contributed by atoms with Crippen molar-refractivity contribution in [1.82, 2.24) is 0 Å². The lowest BCUT2D eigenvalue weighted by Crippen LogP contribution is -2.07. The Morgan fingerprint density at radius 3 is 2.22 bits per heavy atom. The molecule has 0 unspecified atom stereocenters. The Morgan fingerprint density at radius 1 is 0.976 bits per heavy atom. The van der Waals surface area contributed by atoms with Crippen molar-refractivity contribution < 1.29 is 38.2 Å². The third-order valence-corrected chi connectivity index (χ3v) is 6.63. The number of methoxy groups -OCH3 is 3. The summed E-state index contributed by atoms with van der Waals surface area (Å²) in [5.74, 6) is -0.230. The number of esters is 2. The number of non-ortho nitro benzene ring substituents is 1. The van der Waals surface area contributed by atoms with Crippen LogP contribution in [-0.2, 0) is 14.3 Å². The molecule has 0 N–H and O–H groups in total. The molecular weight excluding hydrogens is 668 g/mol. The second kappa shape index (κ2) is 12.8. The van der Waals surface area contributed by atoms with Crippen LogP contribution in [0.3, 0.4) is 0 Å². The molecule has 0 aliphatic carbocycles. The molecule has 0 bridgehead atoms. The second-order valence-electron chi connectivity index (χ2n) is 8.16. The van der Waals surface area contributed by atoms with Gasteiger partial charge in [0.1, 0.15) is 0 Å². The number of rotatable bonds is 9. The van der Waals surface area contributed by atoms with Crippen molar-refractivity contribution in [2.24, 2.45) is 4.99 Å². The highest BCUT2D eigenvalue weighted by atomic mass is 79.9. The van der Waals surface area contributed by atoms with E-state index in [2.05, 4.69) is 36.9 Å². The molecule has 0 fully saturated rings. The van der Waals surface area contributed by atoms with Gasteiger partial charge in [-0.1, -0.05) is 15.9 Å². The normalized spacial score (nSPS) is 13.6. The number of nitro groups is 1. The Morgan fingerprint density at radius 2 is 1.63 bits per heavy atom. The quantitative estimate of drug-likeness (QED) is 0.0858. The van der Waals surface area contributed by atoms with Crippen LogP contribution in [-0.4, -0.2) is 44.1 Å². The van der Waals surface area contributed by atoms with Gasteiger partial charge in [0.25, 0.3) is 5.69 Å². The lowest BCUT2D eigenvalue weighted by molar-refractivity contribution is -0.384. The fourth-order valence-corrected chi connectivity index (χ4v) is 5.02. The number of carbonyl (C=O) groups is 2. The fourth-order valence-electron chi connectivity index (χ4n) is 3.69. The number of cyclic esters (lactones) is 1. The van der Waals surface area contributed by atoms with Crippen LogP contribution >= 0.6 is 31.9 Å². The average molecular weight is 688 g/mol. The second-order valence-corrected chi connectivity index (χ2v) is 9.93. The smallest absolute Gasteiger partial charge is 0.363 e. The minimum absolute atomic E-state index is 0.0131. The van der Waals surface area contributed by atoms with Gasteiger partial charge >= 0.3 is 11.9 Å². The first-order chi connectivity index (χ1) is 19.6. The van der Waals surface area contributed by atoms with Gasteiger partial charge in [0.05, 0.1) is 30.7 Å². The number of nitrogens with zero attached hydrogens (tertiary/aromatic N) is 2. The van der Waals surface area contributed by atoms with Gasteiger partial charge in [-0.3, -0.25) is 10.1 Å². The van der Waals surface area contributed by atoms with Gasteiger partial charge in [0.2, 0.25) is 11.6 Å². The highest BCUT2D eigenvalue weighted by molar-refractivity contribution is 9.11. The molecule has 0 radical (unpaired) electrons. The molecule has 1 heterocycles. The number of aliphatic imine (C=N–C) groups is 1. The van der Waals surface area contributed by atoms with Crippen molar-refractivity contribution >= 4 is 67.5 Å². The number of carbonyl (C=O) groups excluding carboxylic acids is 2. The minimum atomic E-state index is -0.722. The molecule has 0 atom stereocenters. The predicted molar refractivity (Wildman–Crippen MR) is 156 cm³/mol. The molecule has 4 rings (SSSR count). The van der Waals surface area contributed by atoms with Gasteiger partial charge in [-0.2, -0.15) is 0 Å². The Hall–Kier alpha value is -4.49. The standard InChI is InChI=1S/C28H20Br2N2O9/c1-37-22-12-17(13-23(38-2)26(22)39-3)27-31-21(28(34)41-27)11-16-10-18(29)14-20(30)25(16)40-24(33)9-6-15-4-7-19(8-5-15)32(35)36/h4-14H,1-3H3/b9-6+,21-11-. The van der Waals surface area contributed by atoms with E-state index in [1.807, 2.05) is 0 Å². The van der Waals surface area contributed by atoms with E-state index in [0.717, 1.165) is 0 Å². The monoisotopic (exact) mass is 686 g/mol. The van der Waals surface area contributed by atoms with Crippen LogP contribution in [0.25, 0.3) is 12.2 Å². The van der Waals surface area contributed by atoms with Crippen LogP contribution < -0.4 is 18.9 Å². The molecule has 1 aliphatic rings. The van der Waals surface area contributed by atoms with E-state index in [0.29, 0.717) is 42.9 Å². The summed E-state index contributed by atoms with van der Waals surface area (Å²) in [6.07, 6.45) is 4.06. The summed E-state index contributed by atoms with van der Waals surface area (Å²) in [7, 11) is 4.40. The third kappa shape index (κ3) is 6.81. The van der Waals surface area contributed by atoms with Crippen LogP contribution in [0.1, 0.15) is 16.7 Å². The highest BCUT2D eigenvalue weighted by Gasteiger charge is 2.27. The van der Waals surface area contributed by atoms with E-state index >= 15 is 0 Å². The summed E-state index contributed by atoms with van der Waals surface area (Å²) in [5.41, 5.74) is 1.21. The highest BCUT2D eigenvalue weighted by Crippen LogP contribution is 2.39. The van der Waals surface area contributed by atoms with Gasteiger partial charge < -0.3 is 23.7 Å². The summed E-state index contributed by atoms with van der Waals surface area (Å²) < 4.78 is 28.1. The molecule has 0 saturated carbocycles. The van der Waals surface area contributed by atoms with Gasteiger partial charge in [0, 0.05) is 33.8 Å². The largest absolute Gasteiger partial charge is 0.493 e. The minimum Gasteiger partial charge on any atom is -0.493 e. The SMILES string of the molecule is COc1cc(C2=N/C(=C\c3cc(Br)cc(Br)c3OC(=O)/C=C/c3ccc([N+](=O)[O-])cc3)C(=O)O2)cc(OC)c1OC. The summed E-state index contributed by atoms with van der Waals surface area (Å²) >= 11 is 6.78. The Labute approximate surface area is 250 Å². The number of hydrogen-bond acceptors (Lipinski definition) is 10. The van der Waals surface area contributed by atoms with Crippen LogP contribution in [0.5, 0.6) is 23.0 Å². The fraction of sp³-hybridized carbons (Fsp3) is 0.107. The Balaban J connectivity index is 1.63. The first kappa shape index (κ1) is 29.5. The Kier molecular flexibility index (Phi) is 9.20. The van der Waals surface area contributed by atoms with E-state index in [9.17, 15) is 19.7 Å². The molecule has 3 aromatic carbocycles. The number of benzene rings is 3. The average Bonchev–Trinajstić information content (AvgIpc) is 3.32. The van der Waals surface area contributed by atoms with Gasteiger partial charge in [0.15, 0.2) is 22.9 Å². The van der Waals surface area contributed by atoms with Crippen LogP contribution in [0.15, 0.2) is 74.2 Å². The summed E-state index contributed by atoms with van der Waals surface area (Å²) in [6.45, 7) is 0. The molecule has 210 valence electrons. The number of ether oxygens (including phenoxy) is 5. The van der Waals surface area contributed by atoms with Crippen LogP contribution in [0, 0.1) is 10.1 Å². The van der Waals surface area contributed by atoms with Crippen molar-refractivity contribution in [2.45, 2.75) is 0 Å². The van der Waals surface area contributed by atoms with Crippen LogP contribution in [0.2, 0.25) is 0 Å². The number of nitro benzene ring substituents is 1. The topological polar surface area (TPSA) is 136 Å². The number of halogens is 2. The molecule has 1 aliphatic heterocycles. The summed E-state index contributed by atoms with van der Waals surface area (Å²) in [6, 6.07) is 12.2. The molecule has 0 aromatic heterocycles. The maximum Gasteiger partial charge on any atom is 0.363 e. The number of hydrogen-bond donors (Lipinski definition) is 0. The molecule has 0 spiro atoms. The molecular formula is C28H20Br2N2O9. The van der Waals surface area contributed by atoms with Crippen LogP contribution in [0.4, 0.5) is 5.69 Å². The van der Waals surface area contributed by atoms with Crippen molar-refractivity contribution in [3.8, 4) is 23.0 Å². The molecule has 0 saturated heterocycles.